The minimum atomic E-state index is -0.770. The molecule has 6 heteroatoms. The van der Waals surface area contributed by atoms with Crippen LogP contribution in [0.25, 0.3) is 0 Å². The Labute approximate surface area is 156 Å². The number of methoxy groups -OCH3 is 1. The number of hydrogen-bond acceptors (Lipinski definition) is 4. The first-order chi connectivity index (χ1) is 13.1. The summed E-state index contributed by atoms with van der Waals surface area (Å²) in [5, 5.41) is 5.07. The Balaban J connectivity index is 1.57. The van der Waals surface area contributed by atoms with Gasteiger partial charge in [0.2, 0.25) is 0 Å². The van der Waals surface area contributed by atoms with E-state index in [0.717, 1.165) is 0 Å². The van der Waals surface area contributed by atoms with Crippen molar-refractivity contribution in [2.24, 2.45) is 0 Å². The molecule has 0 aliphatic carbocycles. The minimum Gasteiger partial charge on any atom is -0.497 e. The van der Waals surface area contributed by atoms with Gasteiger partial charge in [-0.1, -0.05) is 24.3 Å². The van der Waals surface area contributed by atoms with Crippen molar-refractivity contribution in [3.05, 3.63) is 78.9 Å². The zero-order valence-corrected chi connectivity index (χ0v) is 14.6. The molecule has 0 aliphatic heterocycles. The molecule has 0 aromatic heterocycles. The number of benzene rings is 3. The summed E-state index contributed by atoms with van der Waals surface area (Å²) in [4.78, 5) is 24.1. The van der Waals surface area contributed by atoms with E-state index in [0.29, 0.717) is 28.6 Å². The van der Waals surface area contributed by atoms with E-state index in [1.165, 1.54) is 7.11 Å². The van der Waals surface area contributed by atoms with Gasteiger partial charge in [0.1, 0.15) is 17.2 Å². The van der Waals surface area contributed by atoms with Crippen LogP contribution in [0.2, 0.25) is 0 Å². The van der Waals surface area contributed by atoms with Crippen LogP contribution in [-0.4, -0.2) is 18.9 Å². The van der Waals surface area contributed by atoms with Gasteiger partial charge in [-0.15, -0.1) is 0 Å². The molecule has 0 fully saturated rings. The van der Waals surface area contributed by atoms with Gasteiger partial charge in [-0.05, 0) is 48.5 Å². The third-order valence-corrected chi connectivity index (χ3v) is 3.62. The number of para-hydroxylation sites is 1. The lowest BCUT2D eigenvalue weighted by Gasteiger charge is -2.09. The third-order valence-electron chi connectivity index (χ3n) is 3.62. The largest absolute Gasteiger partial charge is 0.497 e. The maximum atomic E-state index is 12.1. The summed E-state index contributed by atoms with van der Waals surface area (Å²) in [6, 6.07) is 22.9. The molecule has 3 aromatic carbocycles. The molecule has 0 saturated heterocycles. The monoisotopic (exact) mass is 362 g/mol. The number of hydrogen-bond donors (Lipinski definition) is 2. The predicted octanol–water partition coefficient (Wildman–Crippen LogP) is 4.06. The smallest absolute Gasteiger partial charge is 0.314 e. The second-order valence-electron chi connectivity index (χ2n) is 5.58. The molecular formula is C21H18N2O4. The van der Waals surface area contributed by atoms with Crippen LogP contribution >= 0.6 is 0 Å². The SMILES string of the molecule is COc1cccc(NC(=O)C(=O)Nc2ccc(Oc3ccccc3)cc2)c1. The highest BCUT2D eigenvalue weighted by atomic mass is 16.5. The first-order valence-corrected chi connectivity index (χ1v) is 8.23. The Bertz CT molecular complexity index is 924. The normalized spacial score (nSPS) is 9.96. The van der Waals surface area contributed by atoms with Gasteiger partial charge in [0.15, 0.2) is 0 Å². The fourth-order valence-corrected chi connectivity index (χ4v) is 2.31. The molecule has 2 amide bonds. The average Bonchev–Trinajstić information content (AvgIpc) is 2.70. The Morgan fingerprint density at radius 2 is 1.26 bits per heavy atom. The lowest BCUT2D eigenvalue weighted by molar-refractivity contribution is -0.132. The molecular weight excluding hydrogens is 344 g/mol. The zero-order chi connectivity index (χ0) is 19.1. The summed E-state index contributed by atoms with van der Waals surface area (Å²) in [6.07, 6.45) is 0. The zero-order valence-electron chi connectivity index (χ0n) is 14.6. The highest BCUT2D eigenvalue weighted by Crippen LogP contribution is 2.22. The highest BCUT2D eigenvalue weighted by molar-refractivity contribution is 6.43. The fraction of sp³-hybridized carbons (Fsp3) is 0.0476. The predicted molar refractivity (Wildman–Crippen MR) is 103 cm³/mol. The molecule has 6 nitrogen and oxygen atoms in total. The van der Waals surface area contributed by atoms with Crippen molar-refractivity contribution in [3.8, 4) is 17.2 Å². The number of rotatable bonds is 5. The van der Waals surface area contributed by atoms with Crippen molar-refractivity contribution < 1.29 is 19.1 Å². The summed E-state index contributed by atoms with van der Waals surface area (Å²) in [5.74, 6) is 0.386. The van der Waals surface area contributed by atoms with Crippen LogP contribution in [0.1, 0.15) is 0 Å². The standard InChI is InChI=1S/C21H18N2O4/c1-26-19-9-5-6-16(14-19)23-21(25)20(24)22-15-10-12-18(13-11-15)27-17-7-3-2-4-8-17/h2-14H,1H3,(H,22,24)(H,23,25). The molecule has 0 unspecified atom stereocenters. The van der Waals surface area contributed by atoms with Crippen LogP contribution in [0.3, 0.4) is 0 Å². The Hall–Kier alpha value is -3.80. The molecule has 0 saturated carbocycles. The van der Waals surface area contributed by atoms with Crippen LogP contribution in [0.4, 0.5) is 11.4 Å². The van der Waals surface area contributed by atoms with Crippen molar-refractivity contribution in [2.45, 2.75) is 0 Å². The summed E-state index contributed by atoms with van der Waals surface area (Å²) in [5.41, 5.74) is 0.960. The molecule has 0 aliphatic rings. The lowest BCUT2D eigenvalue weighted by Crippen LogP contribution is -2.29. The molecule has 27 heavy (non-hydrogen) atoms. The number of ether oxygens (including phenoxy) is 2. The van der Waals surface area contributed by atoms with E-state index >= 15 is 0 Å². The molecule has 0 heterocycles. The van der Waals surface area contributed by atoms with Crippen molar-refractivity contribution in [3.63, 3.8) is 0 Å². The number of carbonyl (C=O) groups is 2. The average molecular weight is 362 g/mol. The number of carbonyl (C=O) groups excluding carboxylic acids is 2. The van der Waals surface area contributed by atoms with E-state index in [2.05, 4.69) is 10.6 Å². The van der Waals surface area contributed by atoms with Gasteiger partial charge in [0.05, 0.1) is 7.11 Å². The summed E-state index contributed by atoms with van der Waals surface area (Å²) < 4.78 is 10.8. The first kappa shape index (κ1) is 18.0. The molecule has 0 radical (unpaired) electrons. The first-order valence-electron chi connectivity index (χ1n) is 8.23. The van der Waals surface area contributed by atoms with Crippen LogP contribution < -0.4 is 20.1 Å². The second-order valence-corrected chi connectivity index (χ2v) is 5.58. The number of amides is 2. The van der Waals surface area contributed by atoms with Gasteiger partial charge in [0.25, 0.3) is 0 Å². The van der Waals surface area contributed by atoms with Gasteiger partial charge in [0, 0.05) is 17.4 Å². The van der Waals surface area contributed by atoms with E-state index in [4.69, 9.17) is 9.47 Å². The van der Waals surface area contributed by atoms with Gasteiger partial charge in [-0.25, -0.2) is 0 Å². The molecule has 3 rings (SSSR count). The van der Waals surface area contributed by atoms with Crippen LogP contribution in [-0.2, 0) is 9.59 Å². The quantitative estimate of drug-likeness (QED) is 0.671. The molecule has 3 aromatic rings. The Morgan fingerprint density at radius 3 is 1.93 bits per heavy atom. The van der Waals surface area contributed by atoms with E-state index in [9.17, 15) is 9.59 Å². The number of nitrogens with one attached hydrogen (secondary N) is 2. The van der Waals surface area contributed by atoms with Gasteiger partial charge in [-0.2, -0.15) is 0 Å². The third kappa shape index (κ3) is 5.09. The maximum absolute atomic E-state index is 12.1. The van der Waals surface area contributed by atoms with Crippen molar-refractivity contribution in [1.29, 1.82) is 0 Å². The van der Waals surface area contributed by atoms with E-state index < -0.39 is 11.8 Å². The maximum Gasteiger partial charge on any atom is 0.314 e. The molecule has 0 bridgehead atoms. The fourth-order valence-electron chi connectivity index (χ4n) is 2.31. The minimum absolute atomic E-state index is 0.473. The summed E-state index contributed by atoms with van der Waals surface area (Å²) in [7, 11) is 1.53. The Kier molecular flexibility index (Phi) is 5.69. The van der Waals surface area contributed by atoms with E-state index in [-0.39, 0.29) is 0 Å². The van der Waals surface area contributed by atoms with Crippen molar-refractivity contribution in [2.75, 3.05) is 17.7 Å². The summed E-state index contributed by atoms with van der Waals surface area (Å²) in [6.45, 7) is 0. The van der Waals surface area contributed by atoms with Crippen LogP contribution in [0.5, 0.6) is 17.2 Å². The Morgan fingerprint density at radius 1 is 0.667 bits per heavy atom. The summed E-state index contributed by atoms with van der Waals surface area (Å²) >= 11 is 0. The molecule has 136 valence electrons. The molecule has 0 spiro atoms. The van der Waals surface area contributed by atoms with Crippen molar-refractivity contribution >= 4 is 23.2 Å². The highest BCUT2D eigenvalue weighted by Gasteiger charge is 2.14. The van der Waals surface area contributed by atoms with Crippen LogP contribution in [0, 0.1) is 0 Å². The van der Waals surface area contributed by atoms with E-state index in [1.807, 2.05) is 30.3 Å². The van der Waals surface area contributed by atoms with Crippen molar-refractivity contribution in [1.82, 2.24) is 0 Å². The molecule has 0 atom stereocenters. The topological polar surface area (TPSA) is 76.7 Å². The van der Waals surface area contributed by atoms with Crippen LogP contribution in [0.15, 0.2) is 78.9 Å². The lowest BCUT2D eigenvalue weighted by atomic mass is 10.3. The van der Waals surface area contributed by atoms with Gasteiger partial charge >= 0.3 is 11.8 Å². The van der Waals surface area contributed by atoms with E-state index in [1.54, 1.807) is 48.5 Å². The number of anilines is 2. The van der Waals surface area contributed by atoms with Gasteiger partial charge < -0.3 is 20.1 Å². The second kappa shape index (κ2) is 8.53. The molecule has 2 N–H and O–H groups in total. The van der Waals surface area contributed by atoms with Gasteiger partial charge in [-0.3, -0.25) is 9.59 Å².